The largest absolute Gasteiger partial charge is 0.335 e. The molecule has 2 atom stereocenters. The molecule has 2 aliphatic heterocycles. The summed E-state index contributed by atoms with van der Waals surface area (Å²) in [6.07, 6.45) is 13.6. The van der Waals surface area contributed by atoms with Crippen molar-refractivity contribution >= 4 is 69.3 Å². The Morgan fingerprint density at radius 2 is 1.53 bits per heavy atom. The molecule has 4 heteroatoms. The molecule has 0 spiro atoms. The topological polar surface area (TPSA) is 6.48 Å². The van der Waals surface area contributed by atoms with Crippen LogP contribution < -0.4 is 26.2 Å². The lowest BCUT2D eigenvalue weighted by molar-refractivity contribution is 0.261. The number of thiol groups is 1. The predicted octanol–water partition coefficient (Wildman–Crippen LogP) is 9.69. The number of allylic oxidation sites excluding steroid dienone is 2. The summed E-state index contributed by atoms with van der Waals surface area (Å²) in [5, 5.41) is 2.56. The summed E-state index contributed by atoms with van der Waals surface area (Å²) < 4.78 is 0. The van der Waals surface area contributed by atoms with Crippen molar-refractivity contribution < 1.29 is 0 Å². The zero-order valence-electron chi connectivity index (χ0n) is 27.7. The van der Waals surface area contributed by atoms with Crippen LogP contribution in [0.25, 0.3) is 10.8 Å². The first-order valence-corrected chi connectivity index (χ1v) is 18.3. The smallest absolute Gasteiger partial charge is 0.248 e. The Bertz CT molecular complexity index is 2050. The van der Waals surface area contributed by atoms with E-state index in [1.54, 1.807) is 5.56 Å². The van der Waals surface area contributed by atoms with E-state index in [1.165, 1.54) is 101 Å². The Morgan fingerprint density at radius 3 is 2.38 bits per heavy atom. The maximum atomic E-state index is 5.18. The highest BCUT2D eigenvalue weighted by Gasteiger charge is 2.59. The van der Waals surface area contributed by atoms with E-state index in [-0.39, 0.29) is 17.7 Å². The fraction of sp³-hybridized carbons (Fsp3) is 0.302. The Morgan fingerprint density at radius 1 is 0.723 bits per heavy atom. The summed E-state index contributed by atoms with van der Waals surface area (Å²) in [7, 11) is 0. The third-order valence-corrected chi connectivity index (χ3v) is 12.7. The monoisotopic (exact) mass is 630 g/mol. The molecule has 2 heterocycles. The van der Waals surface area contributed by atoms with E-state index in [2.05, 4.69) is 133 Å². The van der Waals surface area contributed by atoms with Crippen LogP contribution in [-0.4, -0.2) is 12.3 Å². The van der Waals surface area contributed by atoms with Gasteiger partial charge in [-0.25, -0.2) is 0 Å². The molecule has 1 saturated carbocycles. The SMILES string of the molecule is CC12CCCCCC1(C)N1c3cccc(S)c3B(c3ccc4cc(N(C5=CCCCC5)c5ccccc5)ccc4c3)c3cccc2c31. The van der Waals surface area contributed by atoms with Crippen LogP contribution in [-0.2, 0) is 5.41 Å². The number of para-hydroxylation sites is 2. The summed E-state index contributed by atoms with van der Waals surface area (Å²) in [5.41, 5.74) is 12.5. The molecule has 0 aromatic heterocycles. The number of anilines is 4. The third kappa shape index (κ3) is 4.33. The molecule has 47 heavy (non-hydrogen) atoms. The molecule has 0 N–H and O–H groups in total. The average Bonchev–Trinajstić information content (AvgIpc) is 3.18. The van der Waals surface area contributed by atoms with Gasteiger partial charge in [0.15, 0.2) is 0 Å². The van der Waals surface area contributed by atoms with Crippen molar-refractivity contribution in [3.8, 4) is 0 Å². The van der Waals surface area contributed by atoms with E-state index in [1.807, 2.05) is 0 Å². The molecule has 234 valence electrons. The first-order valence-electron chi connectivity index (χ1n) is 17.8. The van der Waals surface area contributed by atoms with Gasteiger partial charge in [-0.3, -0.25) is 0 Å². The molecular weight excluding hydrogens is 587 g/mol. The standard InChI is InChI=1S/C43H43BN2S/c1-42-26-10-5-11-27-43(42,2)46-38-20-13-21-39(47)40(38)44(37-19-12-18-36(42)41(37)46)32-24-22-31-29-35(25-23-30(31)28-32)45(33-14-6-3-7-15-33)34-16-8-4-9-17-34/h3,6-7,12-16,18-25,28-29,47H,4-5,8-11,17,26-27H2,1-2H3. The maximum Gasteiger partial charge on any atom is 0.248 e. The van der Waals surface area contributed by atoms with Crippen LogP contribution in [0.3, 0.4) is 0 Å². The fourth-order valence-corrected chi connectivity index (χ4v) is 10.1. The van der Waals surface area contributed by atoms with Crippen LogP contribution >= 0.6 is 12.6 Å². The van der Waals surface area contributed by atoms with Crippen molar-refractivity contribution in [1.29, 1.82) is 0 Å². The number of hydrogen-bond acceptors (Lipinski definition) is 3. The van der Waals surface area contributed by atoms with Crippen LogP contribution in [0.2, 0.25) is 0 Å². The van der Waals surface area contributed by atoms with E-state index in [9.17, 15) is 0 Å². The Balaban J connectivity index is 1.19. The van der Waals surface area contributed by atoms with Gasteiger partial charge < -0.3 is 9.80 Å². The van der Waals surface area contributed by atoms with Crippen LogP contribution in [0, 0.1) is 0 Å². The number of fused-ring (bicyclic) bond motifs is 6. The van der Waals surface area contributed by atoms with Gasteiger partial charge in [0.2, 0.25) is 6.71 Å². The number of rotatable bonds is 4. The first-order chi connectivity index (χ1) is 23.0. The maximum absolute atomic E-state index is 5.18. The highest BCUT2D eigenvalue weighted by Crippen LogP contribution is 2.60. The summed E-state index contributed by atoms with van der Waals surface area (Å²) in [6.45, 7) is 5.24. The molecular formula is C43H43BN2S. The summed E-state index contributed by atoms with van der Waals surface area (Å²) in [5.74, 6) is 0. The summed E-state index contributed by atoms with van der Waals surface area (Å²) >= 11 is 5.18. The zero-order valence-corrected chi connectivity index (χ0v) is 28.6. The van der Waals surface area contributed by atoms with Gasteiger partial charge in [-0.05, 0) is 109 Å². The lowest BCUT2D eigenvalue weighted by Gasteiger charge is -2.49. The van der Waals surface area contributed by atoms with Crippen molar-refractivity contribution in [2.45, 2.75) is 87.5 Å². The van der Waals surface area contributed by atoms with E-state index in [0.29, 0.717) is 0 Å². The normalized spacial score (nSPS) is 23.1. The van der Waals surface area contributed by atoms with Gasteiger partial charge in [0.1, 0.15) is 0 Å². The molecule has 0 amide bonds. The highest BCUT2D eigenvalue weighted by molar-refractivity contribution is 7.80. The minimum absolute atomic E-state index is 0.0431. The second kappa shape index (κ2) is 11.1. The first kappa shape index (κ1) is 29.3. The second-order valence-electron chi connectivity index (χ2n) is 14.8. The predicted molar refractivity (Wildman–Crippen MR) is 205 cm³/mol. The van der Waals surface area contributed by atoms with Crippen molar-refractivity contribution in [3.05, 3.63) is 120 Å². The summed E-state index contributed by atoms with van der Waals surface area (Å²) in [4.78, 5) is 6.32. The van der Waals surface area contributed by atoms with Crippen molar-refractivity contribution in [2.75, 3.05) is 9.80 Å². The minimum atomic E-state index is 0.0431. The molecule has 9 rings (SSSR count). The van der Waals surface area contributed by atoms with Crippen LogP contribution in [0.15, 0.2) is 120 Å². The molecule has 2 aliphatic carbocycles. The van der Waals surface area contributed by atoms with Gasteiger partial charge in [-0.1, -0.05) is 104 Å². The van der Waals surface area contributed by atoms with Crippen molar-refractivity contribution in [2.24, 2.45) is 0 Å². The molecule has 5 aromatic carbocycles. The van der Waals surface area contributed by atoms with Gasteiger partial charge in [0.05, 0.1) is 5.54 Å². The van der Waals surface area contributed by atoms with Crippen LogP contribution in [0.5, 0.6) is 0 Å². The van der Waals surface area contributed by atoms with Gasteiger partial charge in [-0.2, -0.15) is 0 Å². The van der Waals surface area contributed by atoms with Crippen LogP contribution in [0.1, 0.15) is 77.2 Å². The van der Waals surface area contributed by atoms with Gasteiger partial charge >= 0.3 is 0 Å². The molecule has 2 nitrogen and oxygen atoms in total. The van der Waals surface area contributed by atoms with Crippen molar-refractivity contribution in [3.63, 3.8) is 0 Å². The number of nitrogens with zero attached hydrogens (tertiary/aromatic N) is 2. The zero-order chi connectivity index (χ0) is 31.8. The van der Waals surface area contributed by atoms with Gasteiger partial charge in [-0.15, -0.1) is 12.6 Å². The lowest BCUT2D eigenvalue weighted by atomic mass is 9.35. The Hall–Kier alpha value is -3.89. The fourth-order valence-electron chi connectivity index (χ4n) is 9.76. The molecule has 0 bridgehead atoms. The molecule has 0 saturated heterocycles. The number of hydrogen-bond donors (Lipinski definition) is 1. The molecule has 0 radical (unpaired) electrons. The van der Waals surface area contributed by atoms with Gasteiger partial charge in [0.25, 0.3) is 0 Å². The van der Waals surface area contributed by atoms with E-state index < -0.39 is 0 Å². The van der Waals surface area contributed by atoms with Crippen LogP contribution in [0.4, 0.5) is 22.7 Å². The van der Waals surface area contributed by atoms with Gasteiger partial charge in [0, 0.05) is 38.8 Å². The minimum Gasteiger partial charge on any atom is -0.335 e. The quantitative estimate of drug-likeness (QED) is 0.156. The molecule has 1 fully saturated rings. The van der Waals surface area contributed by atoms with Crippen molar-refractivity contribution in [1.82, 2.24) is 0 Å². The Labute approximate surface area is 286 Å². The second-order valence-corrected chi connectivity index (χ2v) is 15.3. The van der Waals surface area contributed by atoms with E-state index >= 15 is 0 Å². The number of benzene rings is 5. The molecule has 2 unspecified atom stereocenters. The average molecular weight is 631 g/mol. The summed E-state index contributed by atoms with van der Waals surface area (Å²) in [6, 6.07) is 39.1. The Kier molecular flexibility index (Phi) is 6.91. The van der Waals surface area contributed by atoms with E-state index in [0.717, 1.165) is 17.7 Å². The van der Waals surface area contributed by atoms with E-state index in [4.69, 9.17) is 12.6 Å². The lowest BCUT2D eigenvalue weighted by Crippen LogP contribution is -2.61. The molecule has 4 aliphatic rings. The highest BCUT2D eigenvalue weighted by atomic mass is 32.1. The molecule has 5 aromatic rings. The third-order valence-electron chi connectivity index (χ3n) is 12.3.